The van der Waals surface area contributed by atoms with E-state index in [0.717, 1.165) is 13.0 Å². The second-order valence-electron chi connectivity index (χ2n) is 5.00. The molecule has 0 saturated carbocycles. The zero-order valence-electron chi connectivity index (χ0n) is 11.5. The second-order valence-corrected chi connectivity index (χ2v) is 5.00. The summed E-state index contributed by atoms with van der Waals surface area (Å²) in [5.41, 5.74) is 0.394. The number of amides is 1. The predicted octanol–water partition coefficient (Wildman–Crippen LogP) is 2.07. The molecule has 0 aliphatic carbocycles. The van der Waals surface area contributed by atoms with Crippen LogP contribution in [-0.4, -0.2) is 28.5 Å². The third kappa shape index (κ3) is 5.12. The van der Waals surface area contributed by atoms with Crippen LogP contribution in [0.25, 0.3) is 0 Å². The zero-order valence-corrected chi connectivity index (χ0v) is 11.5. The van der Waals surface area contributed by atoms with Crippen LogP contribution in [0.3, 0.4) is 0 Å². The first kappa shape index (κ1) is 14.4. The van der Waals surface area contributed by atoms with Crippen molar-refractivity contribution in [1.29, 1.82) is 0 Å². The van der Waals surface area contributed by atoms with Crippen LogP contribution in [0.2, 0.25) is 0 Å². The van der Waals surface area contributed by atoms with Crippen molar-refractivity contribution in [2.75, 3.05) is 11.9 Å². The maximum Gasteiger partial charge on any atom is 0.270 e. The number of carbonyl (C=O) groups excluding carboxylic acids is 1. The Labute approximate surface area is 108 Å². The molecule has 0 unspecified atom stereocenters. The Morgan fingerprint density at radius 3 is 2.67 bits per heavy atom. The Kier molecular flexibility index (Phi) is 5.55. The number of anilines is 1. The highest BCUT2D eigenvalue weighted by molar-refractivity contribution is 5.92. The molecule has 2 N–H and O–H groups in total. The van der Waals surface area contributed by atoms with Crippen molar-refractivity contribution in [2.24, 2.45) is 5.92 Å². The van der Waals surface area contributed by atoms with E-state index in [1.807, 2.05) is 13.8 Å². The summed E-state index contributed by atoms with van der Waals surface area (Å²) in [6.07, 6.45) is 2.64. The normalized spacial score (nSPS) is 10.8. The number of rotatable bonds is 6. The van der Waals surface area contributed by atoms with Crippen molar-refractivity contribution < 1.29 is 4.79 Å². The topological polar surface area (TPSA) is 66.9 Å². The third-order valence-corrected chi connectivity index (χ3v) is 2.31. The Bertz CT molecular complexity index is 390. The number of nitrogens with one attached hydrogen (secondary N) is 2. The second kappa shape index (κ2) is 6.93. The molecule has 100 valence electrons. The molecule has 0 spiro atoms. The summed E-state index contributed by atoms with van der Waals surface area (Å²) in [6, 6.07) is 1.72. The molecule has 0 atom stereocenters. The first-order valence-electron chi connectivity index (χ1n) is 6.37. The number of nitrogens with zero attached hydrogens (tertiary/aromatic N) is 2. The Morgan fingerprint density at radius 1 is 1.33 bits per heavy atom. The van der Waals surface area contributed by atoms with Gasteiger partial charge in [-0.1, -0.05) is 13.8 Å². The Hall–Kier alpha value is -1.65. The van der Waals surface area contributed by atoms with E-state index >= 15 is 0 Å². The quantitative estimate of drug-likeness (QED) is 0.811. The zero-order chi connectivity index (χ0) is 13.5. The van der Waals surface area contributed by atoms with Gasteiger partial charge in [0.2, 0.25) is 5.95 Å². The van der Waals surface area contributed by atoms with E-state index < -0.39 is 0 Å². The van der Waals surface area contributed by atoms with Crippen molar-refractivity contribution in [1.82, 2.24) is 15.3 Å². The predicted molar refractivity (Wildman–Crippen MR) is 72.6 cm³/mol. The first-order chi connectivity index (χ1) is 8.49. The molecule has 0 aliphatic heterocycles. The van der Waals surface area contributed by atoms with Gasteiger partial charge < -0.3 is 10.6 Å². The molecular formula is C13H22N4O. The van der Waals surface area contributed by atoms with Crippen molar-refractivity contribution in [3.63, 3.8) is 0 Å². The molecule has 1 aromatic rings. The lowest BCUT2D eigenvalue weighted by Gasteiger charge is -2.09. The third-order valence-electron chi connectivity index (χ3n) is 2.31. The van der Waals surface area contributed by atoms with Gasteiger partial charge in [-0.15, -0.1) is 0 Å². The van der Waals surface area contributed by atoms with Gasteiger partial charge in [-0.25, -0.2) is 9.97 Å². The minimum atomic E-state index is -0.167. The molecule has 0 saturated heterocycles. The molecule has 0 aromatic carbocycles. The highest BCUT2D eigenvalue weighted by Gasteiger charge is 2.09. The highest BCUT2D eigenvalue weighted by Crippen LogP contribution is 2.03. The average molecular weight is 250 g/mol. The summed E-state index contributed by atoms with van der Waals surface area (Å²) in [5, 5.41) is 5.93. The SMILES string of the molecule is CC(C)CCNc1nccc(C(=O)NC(C)C)n1. The fourth-order valence-electron chi connectivity index (χ4n) is 1.38. The van der Waals surface area contributed by atoms with E-state index in [1.165, 1.54) is 0 Å². The van der Waals surface area contributed by atoms with Crippen LogP contribution in [0, 0.1) is 5.92 Å². The maximum atomic E-state index is 11.8. The van der Waals surface area contributed by atoms with Crippen LogP contribution < -0.4 is 10.6 Å². The minimum absolute atomic E-state index is 0.102. The van der Waals surface area contributed by atoms with E-state index in [0.29, 0.717) is 17.6 Å². The monoisotopic (exact) mass is 250 g/mol. The van der Waals surface area contributed by atoms with E-state index in [4.69, 9.17) is 0 Å². The van der Waals surface area contributed by atoms with E-state index in [9.17, 15) is 4.79 Å². The molecule has 1 heterocycles. The largest absolute Gasteiger partial charge is 0.354 e. The van der Waals surface area contributed by atoms with Crippen molar-refractivity contribution >= 4 is 11.9 Å². The highest BCUT2D eigenvalue weighted by atomic mass is 16.1. The Morgan fingerprint density at radius 2 is 2.06 bits per heavy atom. The number of hydrogen-bond acceptors (Lipinski definition) is 4. The van der Waals surface area contributed by atoms with Gasteiger partial charge in [0.25, 0.3) is 5.91 Å². The molecule has 1 rings (SSSR count). The lowest BCUT2D eigenvalue weighted by Crippen LogP contribution is -2.31. The molecule has 0 fully saturated rings. The van der Waals surface area contributed by atoms with E-state index in [-0.39, 0.29) is 11.9 Å². The van der Waals surface area contributed by atoms with Gasteiger partial charge in [-0.3, -0.25) is 4.79 Å². The molecule has 0 radical (unpaired) electrons. The number of aromatic nitrogens is 2. The summed E-state index contributed by atoms with van der Waals surface area (Å²) in [7, 11) is 0. The standard InChI is InChI=1S/C13H22N4O/c1-9(2)5-7-14-13-15-8-6-11(17-13)12(18)16-10(3)4/h6,8-10H,5,7H2,1-4H3,(H,16,18)(H,14,15,17). The lowest BCUT2D eigenvalue weighted by molar-refractivity contribution is 0.0938. The van der Waals surface area contributed by atoms with Crippen LogP contribution in [-0.2, 0) is 0 Å². The molecular weight excluding hydrogens is 228 g/mol. The average Bonchev–Trinajstić information content (AvgIpc) is 2.28. The Balaban J connectivity index is 2.59. The van der Waals surface area contributed by atoms with Crippen LogP contribution >= 0.6 is 0 Å². The summed E-state index contributed by atoms with van der Waals surface area (Å²) in [4.78, 5) is 20.0. The van der Waals surface area contributed by atoms with Gasteiger partial charge in [0.05, 0.1) is 0 Å². The van der Waals surface area contributed by atoms with E-state index in [2.05, 4.69) is 34.4 Å². The van der Waals surface area contributed by atoms with Crippen molar-refractivity contribution in [3.05, 3.63) is 18.0 Å². The molecule has 18 heavy (non-hydrogen) atoms. The fourth-order valence-corrected chi connectivity index (χ4v) is 1.38. The number of carbonyl (C=O) groups is 1. The van der Waals surface area contributed by atoms with Crippen LogP contribution in [0.1, 0.15) is 44.6 Å². The van der Waals surface area contributed by atoms with E-state index in [1.54, 1.807) is 12.3 Å². The summed E-state index contributed by atoms with van der Waals surface area (Å²) in [5.74, 6) is 0.969. The summed E-state index contributed by atoms with van der Waals surface area (Å²) in [6.45, 7) is 8.97. The molecule has 0 aliphatic rings. The summed E-state index contributed by atoms with van der Waals surface area (Å²) < 4.78 is 0. The minimum Gasteiger partial charge on any atom is -0.354 e. The smallest absolute Gasteiger partial charge is 0.270 e. The first-order valence-corrected chi connectivity index (χ1v) is 6.37. The molecule has 1 aromatic heterocycles. The molecule has 5 heteroatoms. The van der Waals surface area contributed by atoms with Gasteiger partial charge in [0.1, 0.15) is 5.69 Å². The lowest BCUT2D eigenvalue weighted by atomic mass is 10.1. The molecule has 0 bridgehead atoms. The molecule has 1 amide bonds. The van der Waals surface area contributed by atoms with Crippen molar-refractivity contribution in [2.45, 2.75) is 40.2 Å². The summed E-state index contributed by atoms with van der Waals surface area (Å²) >= 11 is 0. The fraction of sp³-hybridized carbons (Fsp3) is 0.615. The van der Waals surface area contributed by atoms with Gasteiger partial charge >= 0.3 is 0 Å². The number of hydrogen-bond donors (Lipinski definition) is 2. The van der Waals surface area contributed by atoms with Crippen LogP contribution in [0.4, 0.5) is 5.95 Å². The maximum absolute atomic E-state index is 11.8. The van der Waals surface area contributed by atoms with Gasteiger partial charge in [0, 0.05) is 18.8 Å². The van der Waals surface area contributed by atoms with Crippen LogP contribution in [0.5, 0.6) is 0 Å². The molecule has 5 nitrogen and oxygen atoms in total. The van der Waals surface area contributed by atoms with Crippen molar-refractivity contribution in [3.8, 4) is 0 Å². The van der Waals surface area contributed by atoms with Gasteiger partial charge in [-0.2, -0.15) is 0 Å². The van der Waals surface area contributed by atoms with Crippen LogP contribution in [0.15, 0.2) is 12.3 Å². The van der Waals surface area contributed by atoms with Gasteiger partial charge in [0.15, 0.2) is 0 Å². The van der Waals surface area contributed by atoms with Gasteiger partial charge in [-0.05, 0) is 32.3 Å².